The van der Waals surface area contributed by atoms with Crippen LogP contribution in [0.4, 0.5) is 23.4 Å². The van der Waals surface area contributed by atoms with Crippen molar-refractivity contribution >= 4 is 44.2 Å². The predicted octanol–water partition coefficient (Wildman–Crippen LogP) is 4.28. The van der Waals surface area contributed by atoms with Crippen molar-refractivity contribution in [3.63, 3.8) is 0 Å². The number of nitrogens with one attached hydrogen (secondary N) is 2. The first kappa shape index (κ1) is 25.2. The molecule has 0 radical (unpaired) electrons. The van der Waals surface area contributed by atoms with Gasteiger partial charge < -0.3 is 15.5 Å². The van der Waals surface area contributed by atoms with E-state index in [1.165, 1.54) is 15.7 Å². The highest BCUT2D eigenvalue weighted by Gasteiger charge is 2.34. The lowest BCUT2D eigenvalue weighted by atomic mass is 10.1. The summed E-state index contributed by atoms with van der Waals surface area (Å²) >= 11 is 1.67. The summed E-state index contributed by atoms with van der Waals surface area (Å²) in [4.78, 5) is 23.5. The van der Waals surface area contributed by atoms with Crippen molar-refractivity contribution in [1.29, 1.82) is 0 Å². The number of aromatic nitrogens is 4. The van der Waals surface area contributed by atoms with Crippen LogP contribution in [0.1, 0.15) is 11.1 Å². The Labute approximate surface area is 223 Å². The third kappa shape index (κ3) is 5.02. The van der Waals surface area contributed by atoms with Crippen LogP contribution in [0.2, 0.25) is 0 Å². The molecule has 3 aromatic heterocycles. The maximum Gasteiger partial charge on any atom is 0.419 e. The minimum Gasteiger partial charge on any atom is -0.353 e. The molecule has 1 saturated heterocycles. The van der Waals surface area contributed by atoms with Crippen LogP contribution < -0.4 is 15.5 Å². The second-order valence-electron chi connectivity index (χ2n) is 9.13. The number of alkyl halides is 3. The largest absolute Gasteiger partial charge is 0.419 e. The number of rotatable bonds is 5. The Morgan fingerprint density at radius 3 is 2.85 bits per heavy atom. The predicted molar refractivity (Wildman–Crippen MR) is 139 cm³/mol. The minimum atomic E-state index is -4.79. The molecule has 5 aromatic rings. The van der Waals surface area contributed by atoms with Crippen molar-refractivity contribution in [1.82, 2.24) is 30.4 Å². The van der Waals surface area contributed by atoms with Gasteiger partial charge in [0.2, 0.25) is 5.91 Å². The summed E-state index contributed by atoms with van der Waals surface area (Å²) < 4.78 is 55.5. The monoisotopic (exact) mass is 555 g/mol. The van der Waals surface area contributed by atoms with Crippen LogP contribution in [0.15, 0.2) is 60.4 Å². The van der Waals surface area contributed by atoms with Crippen LogP contribution in [0.25, 0.3) is 26.8 Å². The van der Waals surface area contributed by atoms with Gasteiger partial charge in [-0.25, -0.2) is 19.0 Å². The molecule has 6 rings (SSSR count). The zero-order valence-electron chi connectivity index (χ0n) is 20.2. The van der Waals surface area contributed by atoms with Crippen LogP contribution in [0.5, 0.6) is 0 Å². The standard InChI is InChI=1S/C26H21F4N7OS/c27-20-10-17(2-3-19(20)26(28,29)30)37-12-18-23(35-37)33-14-34-24(18)36-7-6-31-21(13-36)25(38)32-11-15-1-4-22-16(9-15)5-8-39-22/h1-5,8-10,12,14,21,31H,6-7,11,13H2,(H,32,38). The van der Waals surface area contributed by atoms with Crippen molar-refractivity contribution in [2.24, 2.45) is 0 Å². The third-order valence-electron chi connectivity index (χ3n) is 6.59. The number of hydrogen-bond donors (Lipinski definition) is 2. The molecule has 200 valence electrons. The number of carbonyl (C=O) groups is 1. The maximum atomic E-state index is 14.2. The lowest BCUT2D eigenvalue weighted by molar-refractivity contribution is -0.140. The van der Waals surface area contributed by atoms with Gasteiger partial charge in [0.1, 0.15) is 24.0 Å². The molecule has 1 aliphatic heterocycles. The van der Waals surface area contributed by atoms with E-state index in [0.29, 0.717) is 49.1 Å². The highest BCUT2D eigenvalue weighted by Crippen LogP contribution is 2.32. The Morgan fingerprint density at radius 2 is 2.03 bits per heavy atom. The summed E-state index contributed by atoms with van der Waals surface area (Å²) in [6.07, 6.45) is -1.91. The second kappa shape index (κ2) is 9.89. The molecule has 0 aliphatic carbocycles. The second-order valence-corrected chi connectivity index (χ2v) is 10.1. The Morgan fingerprint density at radius 1 is 1.15 bits per heavy atom. The average Bonchev–Trinajstić information content (AvgIpc) is 3.57. The zero-order chi connectivity index (χ0) is 27.1. The van der Waals surface area contributed by atoms with Crippen molar-refractivity contribution in [3.8, 4) is 5.69 Å². The molecule has 1 unspecified atom stereocenters. The van der Waals surface area contributed by atoms with E-state index in [9.17, 15) is 22.4 Å². The van der Waals surface area contributed by atoms with Gasteiger partial charge in [0, 0.05) is 43.1 Å². The third-order valence-corrected chi connectivity index (χ3v) is 7.49. The van der Waals surface area contributed by atoms with Gasteiger partial charge in [-0.05, 0) is 46.7 Å². The molecular formula is C26H21F4N7OS. The van der Waals surface area contributed by atoms with Gasteiger partial charge in [-0.2, -0.15) is 13.2 Å². The normalized spacial score (nSPS) is 16.2. The number of nitrogens with zero attached hydrogens (tertiary/aromatic N) is 5. The summed E-state index contributed by atoms with van der Waals surface area (Å²) in [5, 5.41) is 14.2. The van der Waals surface area contributed by atoms with Gasteiger partial charge >= 0.3 is 6.18 Å². The van der Waals surface area contributed by atoms with E-state index in [1.54, 1.807) is 17.5 Å². The van der Waals surface area contributed by atoms with Gasteiger partial charge in [-0.15, -0.1) is 16.4 Å². The van der Waals surface area contributed by atoms with E-state index in [0.717, 1.165) is 23.1 Å². The molecule has 13 heteroatoms. The molecule has 0 saturated carbocycles. The van der Waals surface area contributed by atoms with Crippen molar-refractivity contribution in [2.45, 2.75) is 18.8 Å². The van der Waals surface area contributed by atoms with E-state index < -0.39 is 23.6 Å². The Balaban J connectivity index is 1.19. The number of thiophene rings is 1. The van der Waals surface area contributed by atoms with E-state index in [2.05, 4.69) is 31.8 Å². The fourth-order valence-electron chi connectivity index (χ4n) is 4.64. The molecule has 4 heterocycles. The summed E-state index contributed by atoms with van der Waals surface area (Å²) in [6.45, 7) is 1.83. The molecule has 2 N–H and O–H groups in total. The SMILES string of the molecule is O=C(NCc1ccc2sccc2c1)C1CN(c2ncnc3nn(-c4ccc(C(F)(F)F)c(F)c4)cc23)CCN1. The molecular weight excluding hydrogens is 534 g/mol. The van der Waals surface area contributed by atoms with E-state index in [4.69, 9.17) is 0 Å². The molecule has 2 aromatic carbocycles. The van der Waals surface area contributed by atoms with Gasteiger partial charge in [0.05, 0.1) is 16.6 Å². The van der Waals surface area contributed by atoms with Crippen LogP contribution >= 0.6 is 11.3 Å². The Hall–Kier alpha value is -4.10. The fraction of sp³-hybridized carbons (Fsp3) is 0.231. The summed E-state index contributed by atoms with van der Waals surface area (Å²) in [5.74, 6) is -1.01. The quantitative estimate of drug-likeness (QED) is 0.315. The van der Waals surface area contributed by atoms with Crippen molar-refractivity contribution in [3.05, 3.63) is 77.3 Å². The van der Waals surface area contributed by atoms with E-state index in [-0.39, 0.29) is 11.6 Å². The maximum absolute atomic E-state index is 14.2. The van der Waals surface area contributed by atoms with Gasteiger partial charge in [-0.1, -0.05) is 6.07 Å². The van der Waals surface area contributed by atoms with Crippen LogP contribution in [-0.2, 0) is 17.5 Å². The highest BCUT2D eigenvalue weighted by molar-refractivity contribution is 7.17. The summed E-state index contributed by atoms with van der Waals surface area (Å²) in [7, 11) is 0. The first-order valence-corrected chi connectivity index (χ1v) is 12.9. The van der Waals surface area contributed by atoms with Crippen LogP contribution in [0, 0.1) is 5.82 Å². The smallest absolute Gasteiger partial charge is 0.353 e. The molecule has 0 spiro atoms. The number of halogens is 4. The number of benzene rings is 2. The zero-order valence-corrected chi connectivity index (χ0v) is 21.1. The Bertz CT molecular complexity index is 1680. The Kier molecular flexibility index (Phi) is 6.39. The topological polar surface area (TPSA) is 88.0 Å². The molecule has 1 fully saturated rings. The molecule has 1 aliphatic rings. The highest BCUT2D eigenvalue weighted by atomic mass is 32.1. The number of hydrogen-bond acceptors (Lipinski definition) is 7. The number of carbonyl (C=O) groups excluding carboxylic acids is 1. The molecule has 8 nitrogen and oxygen atoms in total. The van der Waals surface area contributed by atoms with Crippen LogP contribution in [0.3, 0.4) is 0 Å². The lowest BCUT2D eigenvalue weighted by Gasteiger charge is -2.33. The molecule has 1 amide bonds. The fourth-order valence-corrected chi connectivity index (χ4v) is 5.41. The number of anilines is 1. The van der Waals surface area contributed by atoms with Gasteiger partial charge in [-0.3, -0.25) is 4.79 Å². The van der Waals surface area contributed by atoms with Crippen LogP contribution in [-0.4, -0.2) is 51.3 Å². The lowest BCUT2D eigenvalue weighted by Crippen LogP contribution is -2.57. The van der Waals surface area contributed by atoms with Gasteiger partial charge in [0.15, 0.2) is 5.65 Å². The first-order valence-electron chi connectivity index (χ1n) is 12.1. The average molecular weight is 556 g/mol. The molecule has 1 atom stereocenters. The van der Waals surface area contributed by atoms with E-state index >= 15 is 0 Å². The molecule has 0 bridgehead atoms. The number of piperazine rings is 1. The summed E-state index contributed by atoms with van der Waals surface area (Å²) in [5.41, 5.74) is 0.0680. The number of fused-ring (bicyclic) bond motifs is 2. The number of amides is 1. The van der Waals surface area contributed by atoms with Crippen molar-refractivity contribution in [2.75, 3.05) is 24.5 Å². The van der Waals surface area contributed by atoms with Crippen molar-refractivity contribution < 1.29 is 22.4 Å². The summed E-state index contributed by atoms with van der Waals surface area (Å²) in [6, 6.07) is 10.3. The first-order chi connectivity index (χ1) is 18.8. The minimum absolute atomic E-state index is 0.114. The molecule has 39 heavy (non-hydrogen) atoms. The van der Waals surface area contributed by atoms with Gasteiger partial charge in [0.25, 0.3) is 0 Å². The van der Waals surface area contributed by atoms with E-state index in [1.807, 2.05) is 28.5 Å².